The summed E-state index contributed by atoms with van der Waals surface area (Å²) in [5.74, 6) is 0.267. The normalized spacial score (nSPS) is 10.7. The van der Waals surface area contributed by atoms with Gasteiger partial charge in [0, 0.05) is 6.54 Å². The number of nitrogens with zero attached hydrogens (tertiary/aromatic N) is 2. The zero-order chi connectivity index (χ0) is 16.7. The number of nitrogens with one attached hydrogen (secondary N) is 1. The number of hydrogen-bond donors (Lipinski definition) is 1. The first-order valence-corrected chi connectivity index (χ1v) is 7.57. The van der Waals surface area contributed by atoms with Crippen LogP contribution in [0.3, 0.4) is 0 Å². The van der Waals surface area contributed by atoms with E-state index in [9.17, 15) is 4.79 Å². The molecule has 0 atom stereocenters. The second kappa shape index (κ2) is 8.11. The number of aromatic nitrogens is 1. The number of carbonyl (C=O) groups excluding carboxylic acids is 1. The topological polar surface area (TPSA) is 75.0 Å². The standard InChI is InChI=1S/C17H14BrN3O2/c1-23-15-6-2-4-12(8-15)11-20-17(22)13(10-19)9-14-5-3-7-16(18)21-14/h2-9H,11H2,1H3,(H,20,22). The van der Waals surface area contributed by atoms with E-state index in [1.54, 1.807) is 25.3 Å². The Hall–Kier alpha value is -2.65. The molecule has 0 aliphatic heterocycles. The first-order valence-electron chi connectivity index (χ1n) is 6.78. The smallest absolute Gasteiger partial charge is 0.262 e. The second-order valence-electron chi connectivity index (χ2n) is 4.59. The summed E-state index contributed by atoms with van der Waals surface area (Å²) in [6.07, 6.45) is 1.45. The van der Waals surface area contributed by atoms with E-state index in [0.29, 0.717) is 22.6 Å². The van der Waals surface area contributed by atoms with Crippen molar-refractivity contribution in [2.24, 2.45) is 0 Å². The van der Waals surface area contributed by atoms with Gasteiger partial charge in [0.2, 0.25) is 0 Å². The molecular weight excluding hydrogens is 358 g/mol. The van der Waals surface area contributed by atoms with Crippen molar-refractivity contribution in [3.8, 4) is 11.8 Å². The van der Waals surface area contributed by atoms with Gasteiger partial charge in [-0.15, -0.1) is 0 Å². The number of pyridine rings is 1. The van der Waals surface area contributed by atoms with Crippen molar-refractivity contribution in [1.82, 2.24) is 10.3 Å². The Balaban J connectivity index is 2.07. The molecule has 0 saturated heterocycles. The number of amides is 1. The van der Waals surface area contributed by atoms with Crippen molar-refractivity contribution in [3.05, 3.63) is 63.9 Å². The lowest BCUT2D eigenvalue weighted by Crippen LogP contribution is -2.24. The van der Waals surface area contributed by atoms with Gasteiger partial charge in [-0.2, -0.15) is 5.26 Å². The summed E-state index contributed by atoms with van der Waals surface area (Å²) >= 11 is 3.25. The Labute approximate surface area is 142 Å². The Kier molecular flexibility index (Phi) is 5.89. The van der Waals surface area contributed by atoms with Crippen LogP contribution in [-0.4, -0.2) is 18.0 Å². The Bertz CT molecular complexity index is 781. The van der Waals surface area contributed by atoms with Crippen LogP contribution in [0.4, 0.5) is 0 Å². The third-order valence-electron chi connectivity index (χ3n) is 2.98. The molecule has 0 bridgehead atoms. The second-order valence-corrected chi connectivity index (χ2v) is 5.40. The maximum atomic E-state index is 12.1. The van der Waals surface area contributed by atoms with Gasteiger partial charge in [-0.3, -0.25) is 4.79 Å². The zero-order valence-electron chi connectivity index (χ0n) is 12.4. The number of hydrogen-bond acceptors (Lipinski definition) is 4. The molecule has 6 heteroatoms. The summed E-state index contributed by atoms with van der Waals surface area (Å²) in [6, 6.07) is 14.5. The van der Waals surface area contributed by atoms with Crippen LogP contribution in [0.15, 0.2) is 52.6 Å². The Morgan fingerprint density at radius 3 is 2.87 bits per heavy atom. The van der Waals surface area contributed by atoms with E-state index in [-0.39, 0.29) is 5.57 Å². The van der Waals surface area contributed by atoms with E-state index >= 15 is 0 Å². The maximum Gasteiger partial charge on any atom is 0.262 e. The van der Waals surface area contributed by atoms with E-state index in [1.807, 2.05) is 30.3 Å². The third-order valence-corrected chi connectivity index (χ3v) is 3.42. The van der Waals surface area contributed by atoms with Gasteiger partial charge in [0.25, 0.3) is 5.91 Å². The SMILES string of the molecule is COc1cccc(CNC(=O)C(C#N)=Cc2cccc(Br)n2)c1. The predicted molar refractivity (Wildman–Crippen MR) is 90.4 cm³/mol. The molecule has 0 aliphatic rings. The lowest BCUT2D eigenvalue weighted by Gasteiger charge is -2.06. The molecule has 1 aromatic heterocycles. The largest absolute Gasteiger partial charge is 0.497 e. The van der Waals surface area contributed by atoms with Crippen molar-refractivity contribution >= 4 is 27.9 Å². The molecule has 2 aromatic rings. The minimum absolute atomic E-state index is 0.00139. The van der Waals surface area contributed by atoms with Crippen molar-refractivity contribution in [2.45, 2.75) is 6.54 Å². The molecule has 0 fully saturated rings. The fraction of sp³-hybridized carbons (Fsp3) is 0.118. The summed E-state index contributed by atoms with van der Waals surface area (Å²) in [4.78, 5) is 16.3. The van der Waals surface area contributed by atoms with Crippen LogP contribution in [0, 0.1) is 11.3 Å². The summed E-state index contributed by atoms with van der Waals surface area (Å²) in [7, 11) is 1.58. The highest BCUT2D eigenvalue weighted by molar-refractivity contribution is 9.10. The molecule has 1 aromatic carbocycles. The first-order chi connectivity index (χ1) is 11.1. The number of benzene rings is 1. The predicted octanol–water partition coefficient (Wildman–Crippen LogP) is 3.08. The highest BCUT2D eigenvalue weighted by Gasteiger charge is 2.09. The van der Waals surface area contributed by atoms with Crippen molar-refractivity contribution in [1.29, 1.82) is 5.26 Å². The molecule has 23 heavy (non-hydrogen) atoms. The lowest BCUT2D eigenvalue weighted by molar-refractivity contribution is -0.117. The quantitative estimate of drug-likeness (QED) is 0.497. The average Bonchev–Trinajstić information content (AvgIpc) is 2.57. The van der Waals surface area contributed by atoms with Crippen molar-refractivity contribution in [3.63, 3.8) is 0 Å². The maximum absolute atomic E-state index is 12.1. The van der Waals surface area contributed by atoms with Crippen LogP contribution in [-0.2, 0) is 11.3 Å². The number of nitriles is 1. The number of rotatable bonds is 5. The van der Waals surface area contributed by atoms with Crippen LogP contribution in [0.5, 0.6) is 5.75 Å². The molecule has 1 amide bonds. The van der Waals surface area contributed by atoms with Gasteiger partial charge >= 0.3 is 0 Å². The highest BCUT2D eigenvalue weighted by atomic mass is 79.9. The fourth-order valence-electron chi connectivity index (χ4n) is 1.86. The van der Waals surface area contributed by atoms with Crippen LogP contribution < -0.4 is 10.1 Å². The third kappa shape index (κ3) is 4.94. The van der Waals surface area contributed by atoms with Gasteiger partial charge in [0.15, 0.2) is 0 Å². The van der Waals surface area contributed by atoms with Crippen molar-refractivity contribution in [2.75, 3.05) is 7.11 Å². The molecule has 0 unspecified atom stereocenters. The number of methoxy groups -OCH3 is 1. The van der Waals surface area contributed by atoms with Gasteiger partial charge in [-0.1, -0.05) is 18.2 Å². The average molecular weight is 372 g/mol. The number of halogens is 1. The molecular formula is C17H14BrN3O2. The van der Waals surface area contributed by atoms with Gasteiger partial charge in [-0.05, 0) is 51.8 Å². The summed E-state index contributed by atoms with van der Waals surface area (Å²) in [6.45, 7) is 0.307. The van der Waals surface area contributed by atoms with E-state index in [2.05, 4.69) is 26.2 Å². The minimum atomic E-state index is -0.447. The molecule has 0 aliphatic carbocycles. The summed E-state index contributed by atoms with van der Waals surface area (Å²) < 4.78 is 5.77. The van der Waals surface area contributed by atoms with Crippen molar-refractivity contribution < 1.29 is 9.53 Å². The molecule has 0 radical (unpaired) electrons. The van der Waals surface area contributed by atoms with Crippen LogP contribution in [0.2, 0.25) is 0 Å². The number of carbonyl (C=O) groups is 1. The van der Waals surface area contributed by atoms with E-state index in [0.717, 1.165) is 5.56 Å². The van der Waals surface area contributed by atoms with Crippen LogP contribution in [0.1, 0.15) is 11.3 Å². The Morgan fingerprint density at radius 2 is 2.17 bits per heavy atom. The monoisotopic (exact) mass is 371 g/mol. The van der Waals surface area contributed by atoms with Gasteiger partial charge < -0.3 is 10.1 Å². The van der Waals surface area contributed by atoms with E-state index < -0.39 is 5.91 Å². The Morgan fingerprint density at radius 1 is 1.39 bits per heavy atom. The molecule has 2 rings (SSSR count). The molecule has 0 saturated carbocycles. The van der Waals surface area contributed by atoms with Crippen LogP contribution >= 0.6 is 15.9 Å². The van der Waals surface area contributed by atoms with Gasteiger partial charge in [0.05, 0.1) is 12.8 Å². The zero-order valence-corrected chi connectivity index (χ0v) is 14.0. The molecule has 1 N–H and O–H groups in total. The fourth-order valence-corrected chi connectivity index (χ4v) is 2.22. The first kappa shape index (κ1) is 16.7. The number of ether oxygens (including phenoxy) is 1. The van der Waals surface area contributed by atoms with Gasteiger partial charge in [0.1, 0.15) is 22.0 Å². The molecule has 1 heterocycles. The summed E-state index contributed by atoms with van der Waals surface area (Å²) in [5, 5.41) is 11.9. The molecule has 5 nitrogen and oxygen atoms in total. The van der Waals surface area contributed by atoms with Crippen LogP contribution in [0.25, 0.3) is 6.08 Å². The van der Waals surface area contributed by atoms with E-state index in [4.69, 9.17) is 10.00 Å². The van der Waals surface area contributed by atoms with Gasteiger partial charge in [-0.25, -0.2) is 4.98 Å². The summed E-state index contributed by atoms with van der Waals surface area (Å²) in [5.41, 5.74) is 1.42. The van der Waals surface area contributed by atoms with E-state index in [1.165, 1.54) is 6.08 Å². The lowest BCUT2D eigenvalue weighted by atomic mass is 10.2. The minimum Gasteiger partial charge on any atom is -0.497 e. The highest BCUT2D eigenvalue weighted by Crippen LogP contribution is 2.13. The molecule has 0 spiro atoms. The molecule has 116 valence electrons.